The van der Waals surface area contributed by atoms with Gasteiger partial charge in [0.1, 0.15) is 11.3 Å². The molecule has 1 fully saturated rings. The number of sulfonamides is 1. The van der Waals surface area contributed by atoms with E-state index in [0.29, 0.717) is 21.1 Å². The lowest BCUT2D eigenvalue weighted by atomic mass is 10.0. The van der Waals surface area contributed by atoms with Crippen LogP contribution in [0.2, 0.25) is 0 Å². The molecule has 166 valence electrons. The first-order chi connectivity index (χ1) is 14.7. The Balaban J connectivity index is 1.76. The van der Waals surface area contributed by atoms with Gasteiger partial charge in [-0.05, 0) is 65.6 Å². The van der Waals surface area contributed by atoms with E-state index in [1.165, 1.54) is 29.0 Å². The van der Waals surface area contributed by atoms with Crippen molar-refractivity contribution in [3.05, 3.63) is 56.1 Å². The highest BCUT2D eigenvalue weighted by Gasteiger charge is 2.55. The summed E-state index contributed by atoms with van der Waals surface area (Å²) in [5.41, 5.74) is 1.82. The molecule has 3 aromatic rings. The number of thiazole rings is 1. The van der Waals surface area contributed by atoms with Gasteiger partial charge in [-0.2, -0.15) is 0 Å². The number of aliphatic hydroxyl groups excluding tert-OH is 2. The van der Waals surface area contributed by atoms with Gasteiger partial charge in [0.25, 0.3) is 0 Å². The zero-order chi connectivity index (χ0) is 22.4. The maximum absolute atomic E-state index is 15.3. The van der Waals surface area contributed by atoms with Gasteiger partial charge in [-0.15, -0.1) is 11.3 Å². The lowest BCUT2D eigenvalue weighted by molar-refractivity contribution is 0.0858. The number of hydrogen-bond acceptors (Lipinski definition) is 6. The quantitative estimate of drug-likeness (QED) is 0.353. The van der Waals surface area contributed by atoms with Crippen LogP contribution in [0, 0.1) is 15.2 Å². The summed E-state index contributed by atoms with van der Waals surface area (Å²) in [6.07, 6.45) is -0.797. The maximum Gasteiger partial charge on any atom is 0.238 e. The fourth-order valence-electron chi connectivity index (χ4n) is 3.59. The Morgan fingerprint density at radius 2 is 2.03 bits per heavy atom. The van der Waals surface area contributed by atoms with Crippen LogP contribution < -0.4 is 4.72 Å². The Labute approximate surface area is 195 Å². The van der Waals surface area contributed by atoms with Crippen LogP contribution >= 0.6 is 33.9 Å². The summed E-state index contributed by atoms with van der Waals surface area (Å²) < 4.78 is 58.4. The van der Waals surface area contributed by atoms with Crippen LogP contribution in [0.5, 0.6) is 0 Å². The summed E-state index contributed by atoms with van der Waals surface area (Å²) in [6.45, 7) is -0.546. The Bertz CT molecular complexity index is 1250. The molecule has 1 heterocycles. The minimum absolute atomic E-state index is 0.000546. The van der Waals surface area contributed by atoms with Crippen molar-refractivity contribution >= 4 is 59.9 Å². The van der Waals surface area contributed by atoms with Crippen molar-refractivity contribution in [3.8, 4) is 0 Å². The number of fused-ring (bicyclic) bond motifs is 1. The Morgan fingerprint density at radius 1 is 1.29 bits per heavy atom. The average Bonchev–Trinajstić information content (AvgIpc) is 3.35. The number of aliphatic hydroxyl groups is 2. The number of anilines is 1. The van der Waals surface area contributed by atoms with Crippen molar-refractivity contribution < 1.29 is 27.4 Å². The largest absolute Gasteiger partial charge is 0.394 e. The van der Waals surface area contributed by atoms with Gasteiger partial charge in [0.2, 0.25) is 10.0 Å². The van der Waals surface area contributed by atoms with Gasteiger partial charge in [0.15, 0.2) is 5.82 Å². The molecule has 31 heavy (non-hydrogen) atoms. The normalized spacial score (nSPS) is 16.4. The van der Waals surface area contributed by atoms with Crippen molar-refractivity contribution in [1.82, 2.24) is 4.98 Å². The van der Waals surface area contributed by atoms with E-state index in [1.54, 1.807) is 12.1 Å². The number of nitrogens with zero attached hydrogens (tertiary/aromatic N) is 1. The number of aromatic nitrogens is 1. The molecule has 1 saturated carbocycles. The van der Waals surface area contributed by atoms with Crippen LogP contribution in [-0.2, 0) is 16.4 Å². The zero-order valence-electron chi connectivity index (χ0n) is 16.1. The second-order valence-corrected chi connectivity index (χ2v) is 11.9. The molecular formula is C20H19F2IN2O4S2. The lowest BCUT2D eigenvalue weighted by Gasteiger charge is -2.21. The highest BCUT2D eigenvalue weighted by molar-refractivity contribution is 14.1. The number of hydrogen-bond donors (Lipinski definition) is 3. The van der Waals surface area contributed by atoms with Crippen LogP contribution in [0.3, 0.4) is 0 Å². The average molecular weight is 580 g/mol. The van der Waals surface area contributed by atoms with Gasteiger partial charge in [0, 0.05) is 15.6 Å². The summed E-state index contributed by atoms with van der Waals surface area (Å²) in [5.74, 6) is -1.21. The van der Waals surface area contributed by atoms with Crippen LogP contribution in [-0.4, -0.2) is 41.1 Å². The summed E-state index contributed by atoms with van der Waals surface area (Å²) in [4.78, 5) is 4.02. The summed E-state index contributed by atoms with van der Waals surface area (Å²) >= 11 is 3.14. The van der Waals surface area contributed by atoms with Crippen molar-refractivity contribution in [2.75, 3.05) is 11.3 Å². The molecule has 4 rings (SSSR count). The fraction of sp³-hybridized carbons (Fsp3) is 0.350. The topological polar surface area (TPSA) is 99.5 Å². The molecule has 0 radical (unpaired) electrons. The van der Waals surface area contributed by atoms with Crippen LogP contribution in [0.25, 0.3) is 10.2 Å². The summed E-state index contributed by atoms with van der Waals surface area (Å²) in [7, 11) is -4.01. The Morgan fingerprint density at radius 3 is 2.68 bits per heavy atom. The van der Waals surface area contributed by atoms with Crippen LogP contribution in [0.4, 0.5) is 14.5 Å². The fourth-order valence-corrected chi connectivity index (χ4v) is 6.49. The second kappa shape index (κ2) is 8.50. The minimum atomic E-state index is -4.01. The van der Waals surface area contributed by atoms with Crippen molar-refractivity contribution in [2.24, 2.45) is 0 Å². The molecule has 0 bridgehead atoms. The Hall–Kier alpha value is -1.41. The Kier molecular flexibility index (Phi) is 6.25. The third kappa shape index (κ3) is 4.42. The first-order valence-corrected chi connectivity index (χ1v) is 12.9. The molecule has 0 saturated heterocycles. The highest BCUT2D eigenvalue weighted by Crippen LogP contribution is 2.48. The van der Waals surface area contributed by atoms with Gasteiger partial charge in [-0.1, -0.05) is 6.07 Å². The van der Waals surface area contributed by atoms with E-state index in [9.17, 15) is 17.9 Å². The number of rotatable bonds is 8. The second-order valence-electron chi connectivity index (χ2n) is 7.66. The van der Waals surface area contributed by atoms with E-state index in [2.05, 4.69) is 9.71 Å². The predicted molar refractivity (Wildman–Crippen MR) is 124 cm³/mol. The van der Waals surface area contributed by atoms with Crippen molar-refractivity contribution in [1.29, 1.82) is 0 Å². The van der Waals surface area contributed by atoms with Gasteiger partial charge < -0.3 is 10.2 Å². The third-order valence-electron chi connectivity index (χ3n) is 5.49. The molecule has 0 spiro atoms. The molecule has 1 unspecified atom stereocenters. The van der Waals surface area contributed by atoms with Crippen LogP contribution in [0.1, 0.15) is 30.4 Å². The molecular weight excluding hydrogens is 561 g/mol. The smallest absolute Gasteiger partial charge is 0.238 e. The molecule has 1 aliphatic carbocycles. The third-order valence-corrected chi connectivity index (χ3v) is 9.14. The van der Waals surface area contributed by atoms with Crippen molar-refractivity contribution in [2.45, 2.75) is 36.5 Å². The molecule has 2 aromatic carbocycles. The van der Waals surface area contributed by atoms with Crippen molar-refractivity contribution in [3.63, 3.8) is 0 Å². The van der Waals surface area contributed by atoms with E-state index in [-0.39, 0.29) is 35.2 Å². The van der Waals surface area contributed by atoms with Gasteiger partial charge in [-0.3, -0.25) is 4.72 Å². The number of nitrogens with one attached hydrogen (secondary N) is 1. The van der Waals surface area contributed by atoms with Gasteiger partial charge >= 0.3 is 0 Å². The minimum Gasteiger partial charge on any atom is -0.394 e. The molecule has 6 nitrogen and oxygen atoms in total. The molecule has 11 heteroatoms. The number of benzene rings is 2. The maximum atomic E-state index is 15.3. The standard InChI is InChI=1S/C20H19F2IN2O4S2/c21-15-6-12(23)2-1-11(15)5-14-16(7-17-19(18(14)22)24-10-30-17)25-31(28,29)20(3-4-20)8-13(27)9-26/h1-2,6-7,10,13,25-27H,3-5,8-9H2. The van der Waals surface area contributed by atoms with E-state index >= 15 is 4.39 Å². The molecule has 3 N–H and O–H groups in total. The molecule has 0 amide bonds. The molecule has 1 aliphatic rings. The predicted octanol–water partition coefficient (Wildman–Crippen LogP) is 3.79. The first kappa shape index (κ1) is 22.8. The monoisotopic (exact) mass is 580 g/mol. The number of halogens is 3. The SMILES string of the molecule is O=S(=O)(Nc1cc2scnc2c(F)c1Cc1ccc(I)cc1F)C1(CC(O)CO)CC1. The molecule has 1 aromatic heterocycles. The van der Waals surface area contributed by atoms with Crippen LogP contribution in [0.15, 0.2) is 29.8 Å². The van der Waals surface area contributed by atoms with Gasteiger partial charge in [-0.25, -0.2) is 22.2 Å². The van der Waals surface area contributed by atoms with E-state index in [4.69, 9.17) is 5.11 Å². The summed E-state index contributed by atoms with van der Waals surface area (Å²) in [6, 6.07) is 6.07. The molecule has 1 atom stereocenters. The molecule has 0 aliphatic heterocycles. The lowest BCUT2D eigenvalue weighted by Crippen LogP contribution is -2.34. The summed E-state index contributed by atoms with van der Waals surface area (Å²) in [5, 5.41) is 18.9. The first-order valence-electron chi connectivity index (χ1n) is 9.45. The van der Waals surface area contributed by atoms with E-state index in [0.717, 1.165) is 0 Å². The van der Waals surface area contributed by atoms with E-state index < -0.39 is 39.1 Å². The highest BCUT2D eigenvalue weighted by atomic mass is 127. The zero-order valence-corrected chi connectivity index (χ0v) is 19.9. The van der Waals surface area contributed by atoms with Gasteiger partial charge in [0.05, 0.1) is 33.4 Å². The van der Waals surface area contributed by atoms with E-state index in [1.807, 2.05) is 22.6 Å².